The lowest BCUT2D eigenvalue weighted by Gasteiger charge is -2.06. The molecule has 0 unspecified atom stereocenters. The molecule has 0 atom stereocenters. The molecular formula is C16H12N4O4S2. The molecule has 2 aromatic heterocycles. The first-order chi connectivity index (χ1) is 12.4. The van der Waals surface area contributed by atoms with Gasteiger partial charge in [-0.2, -0.15) is 0 Å². The van der Waals surface area contributed by atoms with Crippen LogP contribution in [0.5, 0.6) is 0 Å². The van der Waals surface area contributed by atoms with Crippen molar-refractivity contribution in [2.45, 2.75) is 36.1 Å². The van der Waals surface area contributed by atoms with E-state index >= 15 is 0 Å². The summed E-state index contributed by atoms with van der Waals surface area (Å²) in [6.45, 7) is 1.79. The molecule has 8 nitrogen and oxygen atoms in total. The summed E-state index contributed by atoms with van der Waals surface area (Å²) in [5, 5.41) is 23.9. The number of non-ortho nitro benzene ring substituents is 1. The van der Waals surface area contributed by atoms with Gasteiger partial charge in [-0.1, -0.05) is 11.8 Å². The first kappa shape index (κ1) is 16.9. The minimum Gasteiger partial charge on any atom is -0.258 e. The van der Waals surface area contributed by atoms with E-state index in [9.17, 15) is 20.2 Å². The average Bonchev–Trinajstić information content (AvgIpc) is 3.14. The Morgan fingerprint density at radius 2 is 1.96 bits per heavy atom. The fraction of sp³-hybridized carbons (Fsp3) is 0.250. The molecular weight excluding hydrogens is 376 g/mol. The zero-order valence-electron chi connectivity index (χ0n) is 13.6. The van der Waals surface area contributed by atoms with Gasteiger partial charge in [-0.15, -0.1) is 11.3 Å². The van der Waals surface area contributed by atoms with Crippen LogP contribution in [0.15, 0.2) is 28.1 Å². The molecule has 0 N–H and O–H groups in total. The topological polar surface area (TPSA) is 112 Å². The van der Waals surface area contributed by atoms with Crippen LogP contribution < -0.4 is 0 Å². The number of nitro groups is 2. The van der Waals surface area contributed by atoms with Gasteiger partial charge >= 0.3 is 0 Å². The van der Waals surface area contributed by atoms with Gasteiger partial charge in [-0.25, -0.2) is 9.97 Å². The van der Waals surface area contributed by atoms with Gasteiger partial charge in [-0.05, 0) is 37.8 Å². The Bertz CT molecular complexity index is 1080. The van der Waals surface area contributed by atoms with Gasteiger partial charge in [0, 0.05) is 16.3 Å². The highest BCUT2D eigenvalue weighted by Gasteiger charge is 2.25. The van der Waals surface area contributed by atoms with Crippen molar-refractivity contribution in [3.8, 4) is 0 Å². The van der Waals surface area contributed by atoms with Crippen LogP contribution in [0.4, 0.5) is 11.4 Å². The Morgan fingerprint density at radius 3 is 2.69 bits per heavy atom. The van der Waals surface area contributed by atoms with Crippen LogP contribution >= 0.6 is 23.1 Å². The predicted molar refractivity (Wildman–Crippen MR) is 98.1 cm³/mol. The lowest BCUT2D eigenvalue weighted by Crippen LogP contribution is -1.96. The second kappa shape index (κ2) is 6.29. The second-order valence-electron chi connectivity index (χ2n) is 5.88. The van der Waals surface area contributed by atoms with Crippen molar-refractivity contribution in [2.24, 2.45) is 0 Å². The molecule has 0 spiro atoms. The van der Waals surface area contributed by atoms with E-state index in [0.717, 1.165) is 35.5 Å². The van der Waals surface area contributed by atoms with E-state index in [0.29, 0.717) is 15.7 Å². The number of nitro benzene ring substituents is 2. The van der Waals surface area contributed by atoms with Crippen LogP contribution in [-0.4, -0.2) is 19.8 Å². The van der Waals surface area contributed by atoms with E-state index in [1.54, 1.807) is 18.3 Å². The summed E-state index contributed by atoms with van der Waals surface area (Å²) >= 11 is 2.82. The van der Waals surface area contributed by atoms with Crippen LogP contribution in [0.3, 0.4) is 0 Å². The van der Waals surface area contributed by atoms with Crippen molar-refractivity contribution in [2.75, 3.05) is 0 Å². The van der Waals surface area contributed by atoms with Gasteiger partial charge in [0.15, 0.2) is 0 Å². The van der Waals surface area contributed by atoms with Crippen molar-refractivity contribution in [3.63, 3.8) is 0 Å². The second-order valence-corrected chi connectivity index (χ2v) is 8.00. The molecule has 0 fully saturated rings. The summed E-state index contributed by atoms with van der Waals surface area (Å²) in [5.41, 5.74) is 0.638. The Morgan fingerprint density at radius 1 is 1.15 bits per heavy atom. The standard InChI is InChI=1S/C16H12N4O4S2/c1-8-17-15-14(10-3-2-4-12(10)25-15)16(18-8)26-13-6-5-9(19(21)22)7-11(13)20(23)24/h5-7H,2-4H2,1H3. The van der Waals surface area contributed by atoms with Gasteiger partial charge in [0.1, 0.15) is 15.7 Å². The summed E-state index contributed by atoms with van der Waals surface area (Å²) in [6, 6.07) is 3.68. The molecule has 0 aliphatic heterocycles. The smallest absolute Gasteiger partial charge is 0.258 e. The highest BCUT2D eigenvalue weighted by molar-refractivity contribution is 7.99. The van der Waals surface area contributed by atoms with E-state index in [1.165, 1.54) is 34.3 Å². The molecule has 0 saturated heterocycles. The zero-order valence-corrected chi connectivity index (χ0v) is 15.2. The first-order valence-electron chi connectivity index (χ1n) is 7.83. The molecule has 26 heavy (non-hydrogen) atoms. The largest absolute Gasteiger partial charge is 0.290 e. The number of aryl methyl sites for hydroxylation is 3. The highest BCUT2D eigenvalue weighted by Crippen LogP contribution is 2.44. The van der Waals surface area contributed by atoms with Gasteiger partial charge in [0.05, 0.1) is 20.8 Å². The van der Waals surface area contributed by atoms with Gasteiger partial charge < -0.3 is 0 Å². The van der Waals surface area contributed by atoms with Crippen LogP contribution in [0.2, 0.25) is 0 Å². The Labute approximate surface area is 155 Å². The molecule has 1 aliphatic carbocycles. The number of rotatable bonds is 4. The molecule has 0 saturated carbocycles. The molecule has 4 rings (SSSR count). The fourth-order valence-corrected chi connectivity index (χ4v) is 5.54. The molecule has 2 heterocycles. The van der Waals surface area contributed by atoms with Crippen LogP contribution in [0.25, 0.3) is 10.2 Å². The van der Waals surface area contributed by atoms with Crippen molar-refractivity contribution >= 4 is 44.7 Å². The normalized spacial score (nSPS) is 13.1. The maximum absolute atomic E-state index is 11.4. The van der Waals surface area contributed by atoms with Crippen molar-refractivity contribution in [1.82, 2.24) is 9.97 Å². The third-order valence-corrected chi connectivity index (χ3v) is 6.44. The Balaban J connectivity index is 1.85. The molecule has 3 aromatic rings. The molecule has 0 radical (unpaired) electrons. The SMILES string of the molecule is Cc1nc(Sc2ccc([N+](=O)[O-])cc2[N+](=O)[O-])c2c3c(sc2n1)CCC3. The molecule has 10 heteroatoms. The van der Waals surface area contributed by atoms with Crippen LogP contribution in [0, 0.1) is 27.2 Å². The molecule has 1 aromatic carbocycles. The third kappa shape index (κ3) is 2.80. The van der Waals surface area contributed by atoms with E-state index in [4.69, 9.17) is 0 Å². The number of fused-ring (bicyclic) bond motifs is 3. The minimum atomic E-state index is -0.639. The molecule has 0 amide bonds. The zero-order chi connectivity index (χ0) is 18.4. The monoisotopic (exact) mass is 388 g/mol. The highest BCUT2D eigenvalue weighted by atomic mass is 32.2. The van der Waals surface area contributed by atoms with E-state index < -0.39 is 9.85 Å². The number of benzene rings is 1. The number of nitrogens with zero attached hydrogens (tertiary/aromatic N) is 4. The van der Waals surface area contributed by atoms with Crippen LogP contribution in [-0.2, 0) is 12.8 Å². The van der Waals surface area contributed by atoms with Crippen molar-refractivity contribution in [1.29, 1.82) is 0 Å². The summed E-state index contributed by atoms with van der Waals surface area (Å²) in [6.07, 6.45) is 3.07. The number of aromatic nitrogens is 2. The minimum absolute atomic E-state index is 0.291. The van der Waals surface area contributed by atoms with E-state index in [-0.39, 0.29) is 11.4 Å². The summed E-state index contributed by atoms with van der Waals surface area (Å²) in [7, 11) is 0. The first-order valence-corrected chi connectivity index (χ1v) is 9.47. The lowest BCUT2D eigenvalue weighted by molar-refractivity contribution is -0.396. The summed E-state index contributed by atoms with van der Waals surface area (Å²) in [5.74, 6) is 0.601. The molecule has 132 valence electrons. The van der Waals surface area contributed by atoms with Gasteiger partial charge in [-0.3, -0.25) is 20.2 Å². The fourth-order valence-electron chi connectivity index (χ4n) is 3.09. The Kier molecular flexibility index (Phi) is 4.08. The van der Waals surface area contributed by atoms with E-state index in [1.807, 2.05) is 0 Å². The number of thiophene rings is 1. The lowest BCUT2D eigenvalue weighted by atomic mass is 10.2. The summed E-state index contributed by atoms with van der Waals surface area (Å²) < 4.78 is 0. The predicted octanol–water partition coefficient (Wildman–Crippen LogP) is 4.46. The Hall–Kier alpha value is -2.59. The van der Waals surface area contributed by atoms with Crippen molar-refractivity contribution < 1.29 is 9.85 Å². The quantitative estimate of drug-likeness (QED) is 0.368. The third-order valence-electron chi connectivity index (χ3n) is 4.20. The average molecular weight is 388 g/mol. The molecule has 0 bridgehead atoms. The number of hydrogen-bond acceptors (Lipinski definition) is 8. The molecule has 1 aliphatic rings. The maximum Gasteiger partial charge on any atom is 0.290 e. The van der Waals surface area contributed by atoms with Crippen LogP contribution in [0.1, 0.15) is 22.7 Å². The van der Waals surface area contributed by atoms with E-state index in [2.05, 4.69) is 9.97 Å². The van der Waals surface area contributed by atoms with Crippen molar-refractivity contribution in [3.05, 3.63) is 54.7 Å². The maximum atomic E-state index is 11.4. The van der Waals surface area contributed by atoms with Gasteiger partial charge in [0.2, 0.25) is 0 Å². The van der Waals surface area contributed by atoms with Gasteiger partial charge in [0.25, 0.3) is 11.4 Å². The number of hydrogen-bond donors (Lipinski definition) is 0. The summed E-state index contributed by atoms with van der Waals surface area (Å²) in [4.78, 5) is 32.6.